The number of benzene rings is 1. The molecule has 98 valence electrons. The van der Waals surface area contributed by atoms with E-state index in [1.54, 1.807) is 0 Å². The predicted molar refractivity (Wildman–Crippen MR) is 77.6 cm³/mol. The van der Waals surface area contributed by atoms with Crippen LogP contribution < -0.4 is 10.6 Å². The Morgan fingerprint density at radius 3 is 3.11 bits per heavy atom. The van der Waals surface area contributed by atoms with Crippen LogP contribution in [0.1, 0.15) is 25.7 Å². The molecular formula is C14H19BrN2O. The molecule has 0 bridgehead atoms. The summed E-state index contributed by atoms with van der Waals surface area (Å²) in [5.41, 5.74) is 0.858. The first-order valence-corrected chi connectivity index (χ1v) is 7.29. The van der Waals surface area contributed by atoms with E-state index in [0.29, 0.717) is 12.3 Å². The van der Waals surface area contributed by atoms with E-state index in [1.807, 2.05) is 24.3 Å². The number of piperidine rings is 1. The molecule has 1 unspecified atom stereocenters. The third kappa shape index (κ3) is 4.42. The van der Waals surface area contributed by atoms with Crippen LogP contribution in [0.5, 0.6) is 0 Å². The fraction of sp³-hybridized carbons (Fsp3) is 0.500. The Morgan fingerprint density at radius 1 is 1.50 bits per heavy atom. The lowest BCUT2D eigenvalue weighted by Crippen LogP contribution is -2.30. The van der Waals surface area contributed by atoms with Gasteiger partial charge in [0.2, 0.25) is 5.91 Å². The SMILES string of the molecule is O=C(CCC1CCCNC1)Nc1cccc(Br)c1. The fourth-order valence-electron chi connectivity index (χ4n) is 2.30. The molecular weight excluding hydrogens is 292 g/mol. The summed E-state index contributed by atoms with van der Waals surface area (Å²) in [7, 11) is 0. The number of amides is 1. The summed E-state index contributed by atoms with van der Waals surface area (Å²) in [5.74, 6) is 0.769. The molecule has 1 aliphatic heterocycles. The zero-order valence-electron chi connectivity index (χ0n) is 10.4. The van der Waals surface area contributed by atoms with Gasteiger partial charge in [0.25, 0.3) is 0 Å². The maximum atomic E-state index is 11.8. The first-order valence-electron chi connectivity index (χ1n) is 6.50. The molecule has 1 atom stereocenters. The summed E-state index contributed by atoms with van der Waals surface area (Å²) in [4.78, 5) is 11.8. The van der Waals surface area contributed by atoms with E-state index in [4.69, 9.17) is 0 Å². The highest BCUT2D eigenvalue weighted by Gasteiger charge is 2.14. The van der Waals surface area contributed by atoms with Crippen molar-refractivity contribution < 1.29 is 4.79 Å². The van der Waals surface area contributed by atoms with Crippen LogP contribution >= 0.6 is 15.9 Å². The van der Waals surface area contributed by atoms with Gasteiger partial charge in [-0.2, -0.15) is 0 Å². The second-order valence-electron chi connectivity index (χ2n) is 4.81. The van der Waals surface area contributed by atoms with E-state index < -0.39 is 0 Å². The van der Waals surface area contributed by atoms with Crippen LogP contribution in [0.4, 0.5) is 5.69 Å². The second-order valence-corrected chi connectivity index (χ2v) is 5.73. The number of hydrogen-bond acceptors (Lipinski definition) is 2. The first kappa shape index (κ1) is 13.6. The molecule has 0 aromatic heterocycles. The van der Waals surface area contributed by atoms with Gasteiger partial charge in [-0.3, -0.25) is 4.79 Å². The number of hydrogen-bond donors (Lipinski definition) is 2. The summed E-state index contributed by atoms with van der Waals surface area (Å²) in [6.07, 6.45) is 4.07. The molecule has 1 saturated heterocycles. The Bertz CT molecular complexity index is 403. The number of anilines is 1. The average molecular weight is 311 g/mol. The number of carbonyl (C=O) groups excluding carboxylic acids is 1. The van der Waals surface area contributed by atoms with Gasteiger partial charge in [-0.25, -0.2) is 0 Å². The van der Waals surface area contributed by atoms with Crippen LogP contribution in [-0.4, -0.2) is 19.0 Å². The van der Waals surface area contributed by atoms with Crippen LogP contribution in [0.25, 0.3) is 0 Å². The van der Waals surface area contributed by atoms with Crippen LogP contribution in [0.3, 0.4) is 0 Å². The van der Waals surface area contributed by atoms with E-state index >= 15 is 0 Å². The summed E-state index contributed by atoms with van der Waals surface area (Å²) < 4.78 is 0.983. The summed E-state index contributed by atoms with van der Waals surface area (Å²) in [6.45, 7) is 2.19. The van der Waals surface area contributed by atoms with Crippen LogP contribution in [-0.2, 0) is 4.79 Å². The lowest BCUT2D eigenvalue weighted by molar-refractivity contribution is -0.116. The number of carbonyl (C=O) groups is 1. The Balaban J connectivity index is 1.74. The molecule has 1 aromatic carbocycles. The quantitative estimate of drug-likeness (QED) is 0.897. The summed E-state index contributed by atoms with van der Waals surface area (Å²) >= 11 is 3.39. The van der Waals surface area contributed by atoms with Gasteiger partial charge in [-0.15, -0.1) is 0 Å². The first-order chi connectivity index (χ1) is 8.74. The van der Waals surface area contributed by atoms with Crippen molar-refractivity contribution >= 4 is 27.5 Å². The minimum absolute atomic E-state index is 0.110. The molecule has 18 heavy (non-hydrogen) atoms. The van der Waals surface area contributed by atoms with E-state index in [2.05, 4.69) is 26.6 Å². The minimum Gasteiger partial charge on any atom is -0.326 e. The molecule has 4 heteroatoms. The van der Waals surface area contributed by atoms with Gasteiger partial charge < -0.3 is 10.6 Å². The third-order valence-electron chi connectivity index (χ3n) is 3.29. The van der Waals surface area contributed by atoms with Crippen molar-refractivity contribution in [1.29, 1.82) is 0 Å². The molecule has 1 aromatic rings. The number of halogens is 1. The predicted octanol–water partition coefficient (Wildman–Crippen LogP) is 3.17. The van der Waals surface area contributed by atoms with Crippen molar-refractivity contribution in [3.8, 4) is 0 Å². The van der Waals surface area contributed by atoms with Crippen molar-refractivity contribution in [2.24, 2.45) is 5.92 Å². The number of rotatable bonds is 4. The van der Waals surface area contributed by atoms with Crippen molar-refractivity contribution in [2.45, 2.75) is 25.7 Å². The van der Waals surface area contributed by atoms with E-state index in [-0.39, 0.29) is 5.91 Å². The standard InChI is InChI=1S/C14H19BrN2O/c15-12-4-1-5-13(9-12)17-14(18)7-6-11-3-2-8-16-10-11/h1,4-5,9,11,16H,2-3,6-8,10H2,(H,17,18). The van der Waals surface area contributed by atoms with E-state index in [1.165, 1.54) is 12.8 Å². The number of nitrogens with one attached hydrogen (secondary N) is 2. The van der Waals surface area contributed by atoms with Gasteiger partial charge >= 0.3 is 0 Å². The lowest BCUT2D eigenvalue weighted by Gasteiger charge is -2.22. The van der Waals surface area contributed by atoms with Crippen molar-refractivity contribution in [1.82, 2.24) is 5.32 Å². The van der Waals surface area contributed by atoms with Crippen LogP contribution in [0.2, 0.25) is 0 Å². The monoisotopic (exact) mass is 310 g/mol. The normalized spacial score (nSPS) is 19.5. The lowest BCUT2D eigenvalue weighted by atomic mass is 9.94. The second kappa shape index (κ2) is 6.90. The van der Waals surface area contributed by atoms with Gasteiger partial charge in [0.05, 0.1) is 0 Å². The van der Waals surface area contributed by atoms with Crippen molar-refractivity contribution in [3.63, 3.8) is 0 Å². The highest BCUT2D eigenvalue weighted by Crippen LogP contribution is 2.18. The maximum Gasteiger partial charge on any atom is 0.224 e. The van der Waals surface area contributed by atoms with Crippen molar-refractivity contribution in [2.75, 3.05) is 18.4 Å². The molecule has 0 radical (unpaired) electrons. The molecule has 1 heterocycles. The fourth-order valence-corrected chi connectivity index (χ4v) is 2.69. The highest BCUT2D eigenvalue weighted by molar-refractivity contribution is 9.10. The largest absolute Gasteiger partial charge is 0.326 e. The summed E-state index contributed by atoms with van der Waals surface area (Å²) in [6, 6.07) is 7.69. The van der Waals surface area contributed by atoms with Crippen LogP contribution in [0.15, 0.2) is 28.7 Å². The minimum atomic E-state index is 0.110. The van der Waals surface area contributed by atoms with Gasteiger partial charge in [-0.05, 0) is 56.5 Å². The molecule has 0 saturated carbocycles. The van der Waals surface area contributed by atoms with E-state index in [0.717, 1.165) is 29.7 Å². The molecule has 0 aliphatic carbocycles. The molecule has 1 fully saturated rings. The smallest absolute Gasteiger partial charge is 0.224 e. The van der Waals surface area contributed by atoms with Gasteiger partial charge in [0.1, 0.15) is 0 Å². The highest BCUT2D eigenvalue weighted by atomic mass is 79.9. The summed E-state index contributed by atoms with van der Waals surface area (Å²) in [5, 5.41) is 6.31. The Kier molecular flexibility index (Phi) is 5.20. The molecule has 2 rings (SSSR count). The van der Waals surface area contributed by atoms with Gasteiger partial charge in [-0.1, -0.05) is 22.0 Å². The maximum absolute atomic E-state index is 11.8. The topological polar surface area (TPSA) is 41.1 Å². The zero-order valence-corrected chi connectivity index (χ0v) is 12.0. The van der Waals surface area contributed by atoms with Crippen LogP contribution in [0, 0.1) is 5.92 Å². The molecule has 1 aliphatic rings. The molecule has 1 amide bonds. The molecule has 0 spiro atoms. The van der Waals surface area contributed by atoms with Gasteiger partial charge in [0.15, 0.2) is 0 Å². The average Bonchev–Trinajstić information content (AvgIpc) is 2.38. The zero-order chi connectivity index (χ0) is 12.8. The third-order valence-corrected chi connectivity index (χ3v) is 3.78. The molecule has 3 nitrogen and oxygen atoms in total. The molecule has 2 N–H and O–H groups in total. The van der Waals surface area contributed by atoms with Gasteiger partial charge in [0, 0.05) is 16.6 Å². The Labute approximate surface area is 116 Å². The van der Waals surface area contributed by atoms with Crippen molar-refractivity contribution in [3.05, 3.63) is 28.7 Å². The van der Waals surface area contributed by atoms with E-state index in [9.17, 15) is 4.79 Å². The Hall–Kier alpha value is -0.870. The Morgan fingerprint density at radius 2 is 2.39 bits per heavy atom.